The first-order valence-electron chi connectivity index (χ1n) is 7.42. The van der Waals surface area contributed by atoms with Gasteiger partial charge in [-0.2, -0.15) is 0 Å². The van der Waals surface area contributed by atoms with E-state index in [2.05, 4.69) is 15.2 Å². The van der Waals surface area contributed by atoms with Crippen molar-refractivity contribution in [3.63, 3.8) is 0 Å². The molecule has 0 spiro atoms. The molecule has 1 aliphatic carbocycles. The number of carbonyl (C=O) groups is 1. The topological polar surface area (TPSA) is 84.1 Å². The summed E-state index contributed by atoms with van der Waals surface area (Å²) in [5, 5.41) is 2.88. The summed E-state index contributed by atoms with van der Waals surface area (Å²) in [6, 6.07) is 0.211. The highest BCUT2D eigenvalue weighted by Crippen LogP contribution is 2.40. The molecule has 106 valence electrons. The van der Waals surface area contributed by atoms with Gasteiger partial charge in [-0.1, -0.05) is 0 Å². The lowest BCUT2D eigenvalue weighted by atomic mass is 10.1. The van der Waals surface area contributed by atoms with Crippen molar-refractivity contribution >= 4 is 11.7 Å². The van der Waals surface area contributed by atoms with Gasteiger partial charge in [0.05, 0.1) is 0 Å². The SMILES string of the molecule is NC1CCN(c2nc(C3CC3)nc3c2CCNC3=O)C1. The van der Waals surface area contributed by atoms with Gasteiger partial charge >= 0.3 is 0 Å². The molecule has 2 aliphatic heterocycles. The van der Waals surface area contributed by atoms with Crippen LogP contribution in [0.3, 0.4) is 0 Å². The van der Waals surface area contributed by atoms with Crippen molar-refractivity contribution in [3.05, 3.63) is 17.1 Å². The van der Waals surface area contributed by atoms with Gasteiger partial charge in [-0.15, -0.1) is 0 Å². The maximum Gasteiger partial charge on any atom is 0.270 e. The van der Waals surface area contributed by atoms with Crippen LogP contribution in [0, 0.1) is 0 Å². The first-order valence-corrected chi connectivity index (χ1v) is 7.42. The van der Waals surface area contributed by atoms with Crippen molar-refractivity contribution in [3.8, 4) is 0 Å². The van der Waals surface area contributed by atoms with Gasteiger partial charge in [0.25, 0.3) is 5.91 Å². The minimum Gasteiger partial charge on any atom is -0.355 e. The van der Waals surface area contributed by atoms with Gasteiger partial charge in [-0.25, -0.2) is 9.97 Å². The number of carbonyl (C=O) groups excluding carboxylic acids is 1. The van der Waals surface area contributed by atoms with Crippen LogP contribution in [0.15, 0.2) is 0 Å². The Balaban J connectivity index is 1.80. The molecule has 0 aromatic carbocycles. The minimum absolute atomic E-state index is 0.0553. The predicted molar refractivity (Wildman–Crippen MR) is 74.8 cm³/mol. The number of hydrogen-bond acceptors (Lipinski definition) is 5. The van der Waals surface area contributed by atoms with Gasteiger partial charge in [-0.05, 0) is 25.7 Å². The molecule has 3 heterocycles. The van der Waals surface area contributed by atoms with Crippen LogP contribution >= 0.6 is 0 Å². The monoisotopic (exact) mass is 273 g/mol. The van der Waals surface area contributed by atoms with E-state index in [4.69, 9.17) is 10.7 Å². The average Bonchev–Trinajstić information content (AvgIpc) is 3.21. The second kappa shape index (κ2) is 4.41. The Labute approximate surface area is 117 Å². The lowest BCUT2D eigenvalue weighted by molar-refractivity contribution is 0.0940. The molecule has 1 saturated carbocycles. The highest BCUT2D eigenvalue weighted by Gasteiger charge is 2.33. The number of hydrogen-bond donors (Lipinski definition) is 2. The zero-order chi connectivity index (χ0) is 13.7. The number of rotatable bonds is 2. The van der Waals surface area contributed by atoms with Crippen LogP contribution in [-0.2, 0) is 6.42 Å². The van der Waals surface area contributed by atoms with E-state index in [1.807, 2.05) is 0 Å². The molecule has 20 heavy (non-hydrogen) atoms. The fraction of sp³-hybridized carbons (Fsp3) is 0.643. The number of nitrogens with one attached hydrogen (secondary N) is 1. The predicted octanol–water partition coefficient (Wildman–Crippen LogP) is 0.177. The molecule has 2 fully saturated rings. The smallest absolute Gasteiger partial charge is 0.270 e. The number of nitrogens with zero attached hydrogens (tertiary/aromatic N) is 3. The van der Waals surface area contributed by atoms with Crippen molar-refractivity contribution < 1.29 is 4.79 Å². The van der Waals surface area contributed by atoms with Gasteiger partial charge in [0.1, 0.15) is 17.3 Å². The molecule has 0 radical (unpaired) electrons. The van der Waals surface area contributed by atoms with Crippen molar-refractivity contribution in [2.24, 2.45) is 5.73 Å². The summed E-state index contributed by atoms with van der Waals surface area (Å²) in [4.78, 5) is 23.6. The van der Waals surface area contributed by atoms with Gasteiger partial charge in [0.15, 0.2) is 0 Å². The molecule has 1 amide bonds. The van der Waals surface area contributed by atoms with E-state index in [0.29, 0.717) is 18.2 Å². The van der Waals surface area contributed by atoms with Crippen LogP contribution in [0.4, 0.5) is 5.82 Å². The van der Waals surface area contributed by atoms with Crippen LogP contribution in [0.2, 0.25) is 0 Å². The number of fused-ring (bicyclic) bond motifs is 1. The molecule has 6 nitrogen and oxygen atoms in total. The minimum atomic E-state index is -0.0553. The van der Waals surface area contributed by atoms with E-state index in [9.17, 15) is 4.79 Å². The van der Waals surface area contributed by atoms with Gasteiger partial charge in [0.2, 0.25) is 0 Å². The third-order valence-electron chi connectivity index (χ3n) is 4.34. The van der Waals surface area contributed by atoms with Gasteiger partial charge < -0.3 is 16.0 Å². The van der Waals surface area contributed by atoms with Crippen molar-refractivity contribution in [2.45, 2.75) is 37.6 Å². The quantitative estimate of drug-likeness (QED) is 0.803. The molecule has 3 aliphatic rings. The maximum atomic E-state index is 12.1. The van der Waals surface area contributed by atoms with E-state index in [-0.39, 0.29) is 11.9 Å². The van der Waals surface area contributed by atoms with E-state index in [1.165, 1.54) is 0 Å². The number of anilines is 1. The molecule has 1 unspecified atom stereocenters. The second-order valence-electron chi connectivity index (χ2n) is 6.01. The number of nitrogens with two attached hydrogens (primary N) is 1. The highest BCUT2D eigenvalue weighted by molar-refractivity contribution is 5.96. The summed E-state index contributed by atoms with van der Waals surface area (Å²) in [5.74, 6) is 2.20. The highest BCUT2D eigenvalue weighted by atomic mass is 16.1. The Kier molecular flexibility index (Phi) is 2.66. The van der Waals surface area contributed by atoms with E-state index in [1.54, 1.807) is 0 Å². The van der Waals surface area contributed by atoms with Crippen LogP contribution in [0.25, 0.3) is 0 Å². The summed E-state index contributed by atoms with van der Waals surface area (Å²) in [6.45, 7) is 2.43. The molecule has 1 aromatic rings. The molecular weight excluding hydrogens is 254 g/mol. The Morgan fingerprint density at radius 1 is 1.25 bits per heavy atom. The molecule has 6 heteroatoms. The standard InChI is InChI=1S/C14H19N5O/c15-9-4-6-19(7-9)13-10-3-5-16-14(20)11(10)17-12(18-13)8-1-2-8/h8-9H,1-7,15H2,(H,16,20). The maximum absolute atomic E-state index is 12.1. The van der Waals surface area contributed by atoms with Crippen molar-refractivity contribution in [2.75, 3.05) is 24.5 Å². The molecule has 3 N–H and O–H groups in total. The fourth-order valence-electron chi connectivity index (χ4n) is 3.06. The van der Waals surface area contributed by atoms with Crippen LogP contribution < -0.4 is 16.0 Å². The normalized spacial score (nSPS) is 25.6. The number of aromatic nitrogens is 2. The Bertz CT molecular complexity index is 569. The van der Waals surface area contributed by atoms with E-state index in [0.717, 1.165) is 56.0 Å². The zero-order valence-corrected chi connectivity index (χ0v) is 11.4. The molecule has 1 atom stereocenters. The molecular formula is C14H19N5O. The van der Waals surface area contributed by atoms with Gasteiger partial charge in [-0.3, -0.25) is 4.79 Å². The summed E-state index contributed by atoms with van der Waals surface area (Å²) >= 11 is 0. The van der Waals surface area contributed by atoms with Crippen LogP contribution in [0.5, 0.6) is 0 Å². The molecule has 0 bridgehead atoms. The fourth-order valence-corrected chi connectivity index (χ4v) is 3.06. The summed E-state index contributed by atoms with van der Waals surface area (Å²) in [5.41, 5.74) is 7.61. The summed E-state index contributed by atoms with van der Waals surface area (Å²) in [6.07, 6.45) is 4.08. The first kappa shape index (κ1) is 12.1. The van der Waals surface area contributed by atoms with Crippen molar-refractivity contribution in [1.29, 1.82) is 0 Å². The Hall–Kier alpha value is -1.69. The first-order chi connectivity index (χ1) is 9.72. The molecule has 1 saturated heterocycles. The zero-order valence-electron chi connectivity index (χ0n) is 11.4. The lowest BCUT2D eigenvalue weighted by Gasteiger charge is -2.25. The third-order valence-corrected chi connectivity index (χ3v) is 4.34. The second-order valence-corrected chi connectivity index (χ2v) is 6.01. The van der Waals surface area contributed by atoms with Crippen molar-refractivity contribution in [1.82, 2.24) is 15.3 Å². The molecule has 4 rings (SSSR count). The Morgan fingerprint density at radius 3 is 2.80 bits per heavy atom. The lowest BCUT2D eigenvalue weighted by Crippen LogP contribution is -2.36. The van der Waals surface area contributed by atoms with Gasteiger partial charge in [0, 0.05) is 37.2 Å². The Morgan fingerprint density at radius 2 is 2.10 bits per heavy atom. The van der Waals surface area contributed by atoms with E-state index >= 15 is 0 Å². The number of amides is 1. The van der Waals surface area contributed by atoms with Crippen LogP contribution in [0.1, 0.15) is 47.1 Å². The van der Waals surface area contributed by atoms with E-state index < -0.39 is 0 Å². The average molecular weight is 273 g/mol. The molecule has 1 aromatic heterocycles. The van der Waals surface area contributed by atoms with Crippen LogP contribution in [-0.4, -0.2) is 41.6 Å². The summed E-state index contributed by atoms with van der Waals surface area (Å²) in [7, 11) is 0. The summed E-state index contributed by atoms with van der Waals surface area (Å²) < 4.78 is 0. The third kappa shape index (κ3) is 1.95. The largest absolute Gasteiger partial charge is 0.355 e.